The fourth-order valence-electron chi connectivity index (χ4n) is 8.87. The number of anilines is 2. The van der Waals surface area contributed by atoms with E-state index in [0.717, 1.165) is 27.9 Å². The third kappa shape index (κ3) is 12.2. The van der Waals surface area contributed by atoms with Crippen molar-refractivity contribution in [1.82, 2.24) is 35.7 Å². The Morgan fingerprint density at radius 2 is 1.56 bits per heavy atom. The first-order valence-electron chi connectivity index (χ1n) is 23.1. The highest BCUT2D eigenvalue weighted by atomic mass is 32.1. The number of carbonyl (C=O) groups is 5. The minimum atomic E-state index is -4.99. The lowest BCUT2D eigenvalue weighted by atomic mass is 9.85. The van der Waals surface area contributed by atoms with Gasteiger partial charge in [0.05, 0.1) is 51.2 Å². The SMILES string of the molecule is Cc1ncsc1-c1ccc(CNC(=O)[C@@H]2C[C@@H](O)CN2C(=O)[C@@H](NC(=O)CNC(=O)c2cccc(-c3ccc(N4C[C@@H](C)N(C)[C@@H](C)C4)c(NC(=O)c4c[nH]c(=O)cc4C(F)(F)F)c3)c2)C(C)(C)C)cc1. The summed E-state index contributed by atoms with van der Waals surface area (Å²) in [5, 5.41) is 21.5. The molecule has 0 aliphatic carbocycles. The van der Waals surface area contributed by atoms with Crippen molar-refractivity contribution < 1.29 is 42.3 Å². The Balaban J connectivity index is 1.02. The van der Waals surface area contributed by atoms with Gasteiger partial charge in [0, 0.05) is 62.5 Å². The highest BCUT2D eigenvalue weighted by molar-refractivity contribution is 7.13. The minimum Gasteiger partial charge on any atom is -0.391 e. The lowest BCUT2D eigenvalue weighted by molar-refractivity contribution is -0.143. The molecule has 20 heteroatoms. The van der Waals surface area contributed by atoms with Crippen LogP contribution in [-0.2, 0) is 27.1 Å². The van der Waals surface area contributed by atoms with Crippen molar-refractivity contribution in [3.63, 3.8) is 0 Å². The van der Waals surface area contributed by atoms with Gasteiger partial charge in [0.25, 0.3) is 11.8 Å². The third-order valence-electron chi connectivity index (χ3n) is 13.0. The van der Waals surface area contributed by atoms with Crippen LogP contribution in [0.1, 0.15) is 78.6 Å². The van der Waals surface area contributed by atoms with Crippen LogP contribution >= 0.6 is 11.3 Å². The van der Waals surface area contributed by atoms with Crippen LogP contribution in [0.25, 0.3) is 21.6 Å². The predicted molar refractivity (Wildman–Crippen MR) is 265 cm³/mol. The summed E-state index contributed by atoms with van der Waals surface area (Å²) in [5.74, 6) is -3.42. The van der Waals surface area contributed by atoms with Gasteiger partial charge in [-0.05, 0) is 79.8 Å². The maximum Gasteiger partial charge on any atom is 0.417 e. The summed E-state index contributed by atoms with van der Waals surface area (Å²) in [6.45, 7) is 11.9. The van der Waals surface area contributed by atoms with Crippen molar-refractivity contribution in [2.45, 2.75) is 91.0 Å². The highest BCUT2D eigenvalue weighted by Gasteiger charge is 2.44. The van der Waals surface area contributed by atoms with Crippen molar-refractivity contribution in [3.8, 4) is 21.6 Å². The molecule has 2 fully saturated rings. The molecule has 0 radical (unpaired) electrons. The number of aryl methyl sites for hydroxylation is 1. The summed E-state index contributed by atoms with van der Waals surface area (Å²) in [6.07, 6.45) is -5.21. The number of H-pyrrole nitrogens is 1. The van der Waals surface area contributed by atoms with E-state index in [0.29, 0.717) is 36.0 Å². The zero-order valence-corrected chi connectivity index (χ0v) is 41.3. The number of aromatic amines is 1. The maximum atomic E-state index is 14.2. The Morgan fingerprint density at radius 1 is 0.887 bits per heavy atom. The van der Waals surface area contributed by atoms with E-state index in [1.807, 2.05) is 57.0 Å². The molecule has 2 aromatic heterocycles. The number of alkyl halides is 3. The number of likely N-dealkylation sites (tertiary alicyclic amines) is 1. The number of aromatic nitrogens is 2. The van der Waals surface area contributed by atoms with E-state index in [1.54, 1.807) is 62.7 Å². The number of aliphatic hydroxyl groups is 1. The number of likely N-dealkylation sites (N-methyl/N-ethyl adjacent to an activating group) is 1. The average Bonchev–Trinajstić information content (AvgIpc) is 3.94. The number of pyridine rings is 1. The lowest BCUT2D eigenvalue weighted by Gasteiger charge is -2.44. The van der Waals surface area contributed by atoms with E-state index in [2.05, 4.69) is 36.1 Å². The van der Waals surface area contributed by atoms with Gasteiger partial charge in [-0.2, -0.15) is 13.2 Å². The fraction of sp³-hybridized carbons (Fsp3) is 0.392. The molecule has 6 N–H and O–H groups in total. The van der Waals surface area contributed by atoms with E-state index < -0.39 is 82.5 Å². The van der Waals surface area contributed by atoms with Crippen molar-refractivity contribution >= 4 is 52.2 Å². The van der Waals surface area contributed by atoms with Crippen LogP contribution in [-0.4, -0.2) is 118 Å². The molecule has 0 bridgehead atoms. The second kappa shape index (κ2) is 21.2. The number of β-amino-alcohol motifs (C(OH)–C–C–N with tert-alkyl or cyclic N) is 1. The molecule has 2 saturated heterocycles. The molecule has 5 amide bonds. The molecule has 71 heavy (non-hydrogen) atoms. The number of piperazine rings is 1. The molecule has 5 aromatic rings. The van der Waals surface area contributed by atoms with Gasteiger partial charge in [0.2, 0.25) is 23.3 Å². The van der Waals surface area contributed by atoms with Crippen molar-refractivity contribution in [2.24, 2.45) is 5.41 Å². The molecule has 2 aliphatic heterocycles. The van der Waals surface area contributed by atoms with E-state index in [4.69, 9.17) is 0 Å². The van der Waals surface area contributed by atoms with E-state index in [9.17, 15) is 47.0 Å². The van der Waals surface area contributed by atoms with Crippen molar-refractivity contribution in [1.29, 1.82) is 0 Å². The van der Waals surface area contributed by atoms with E-state index >= 15 is 0 Å². The van der Waals surface area contributed by atoms with Crippen LogP contribution in [0, 0.1) is 12.3 Å². The minimum absolute atomic E-state index is 0.00949. The van der Waals surface area contributed by atoms with Gasteiger partial charge >= 0.3 is 6.18 Å². The Hall–Kier alpha value is -6.90. The smallest absolute Gasteiger partial charge is 0.391 e. The Bertz CT molecular complexity index is 2850. The molecule has 2 aliphatic rings. The Labute approximate surface area is 413 Å². The molecule has 5 atom stereocenters. The number of hydrogen-bond acceptors (Lipinski definition) is 11. The maximum absolute atomic E-state index is 14.2. The van der Waals surface area contributed by atoms with Gasteiger partial charge in [-0.15, -0.1) is 11.3 Å². The van der Waals surface area contributed by atoms with Crippen LogP contribution in [0.15, 0.2) is 89.3 Å². The van der Waals surface area contributed by atoms with Crippen LogP contribution in [0.3, 0.4) is 0 Å². The van der Waals surface area contributed by atoms with Crippen LogP contribution < -0.4 is 31.7 Å². The van der Waals surface area contributed by atoms with Gasteiger partial charge in [0.1, 0.15) is 12.1 Å². The second-order valence-electron chi connectivity index (χ2n) is 19.3. The van der Waals surface area contributed by atoms with Gasteiger partial charge in [-0.1, -0.05) is 63.2 Å². The predicted octanol–water partition coefficient (Wildman–Crippen LogP) is 5.81. The zero-order chi connectivity index (χ0) is 51.5. The first kappa shape index (κ1) is 51.9. The molecular formula is C51H58F3N9O7S. The largest absolute Gasteiger partial charge is 0.417 e. The van der Waals surface area contributed by atoms with Crippen molar-refractivity contribution in [3.05, 3.63) is 123 Å². The highest BCUT2D eigenvalue weighted by Crippen LogP contribution is 2.36. The van der Waals surface area contributed by atoms with Gasteiger partial charge in [-0.25, -0.2) is 4.98 Å². The molecule has 0 saturated carbocycles. The zero-order valence-electron chi connectivity index (χ0n) is 40.4. The lowest BCUT2D eigenvalue weighted by Crippen LogP contribution is -2.58. The van der Waals surface area contributed by atoms with Gasteiger partial charge in [0.15, 0.2) is 0 Å². The fourth-order valence-corrected chi connectivity index (χ4v) is 9.68. The molecule has 0 spiro atoms. The quantitative estimate of drug-likeness (QED) is 0.0834. The van der Waals surface area contributed by atoms with Gasteiger partial charge in [-0.3, -0.25) is 33.7 Å². The molecule has 16 nitrogen and oxygen atoms in total. The van der Waals surface area contributed by atoms with E-state index in [1.165, 1.54) is 22.3 Å². The summed E-state index contributed by atoms with van der Waals surface area (Å²) in [5.41, 5.74) is 2.45. The standard InChI is InChI=1S/C51H58F3N9O7S/c1-28-24-62(25-29(2)61(28)7)40-16-15-34(18-39(40)59-47(68)37-22-55-42(65)20-38(37)51(52,53)54)33-9-8-10-35(17-33)46(67)57-23-43(66)60-45(50(4,5)6)49(70)63-26-36(64)19-41(63)48(69)56-21-31-11-13-32(14-12-31)44-30(3)58-27-71-44/h8-18,20,22,27-29,36,41,45,64H,19,21,23-26H2,1-7H3,(H,55,65)(H,56,69)(H,57,67)(H,59,68)(H,60,66)/t28-,29+,36-,41+,45-/m1/s1. The number of nitrogens with zero attached hydrogens (tertiary/aromatic N) is 4. The Morgan fingerprint density at radius 3 is 2.21 bits per heavy atom. The number of hydrogen-bond donors (Lipinski definition) is 6. The summed E-state index contributed by atoms with van der Waals surface area (Å²) < 4.78 is 42.1. The number of rotatable bonds is 13. The summed E-state index contributed by atoms with van der Waals surface area (Å²) in [7, 11) is 2.00. The van der Waals surface area contributed by atoms with Crippen LogP contribution in [0.5, 0.6) is 0 Å². The van der Waals surface area contributed by atoms with Crippen molar-refractivity contribution in [2.75, 3.05) is 43.4 Å². The first-order chi connectivity index (χ1) is 33.5. The number of thiazole rings is 1. The number of amides is 5. The Kier molecular flexibility index (Phi) is 15.5. The monoisotopic (exact) mass is 997 g/mol. The molecule has 0 unspecified atom stereocenters. The number of benzene rings is 3. The second-order valence-corrected chi connectivity index (χ2v) is 20.1. The number of halogens is 3. The molecular weight excluding hydrogens is 940 g/mol. The summed E-state index contributed by atoms with van der Waals surface area (Å²) in [4.78, 5) is 93.3. The molecule has 3 aromatic carbocycles. The first-order valence-corrected chi connectivity index (χ1v) is 24.0. The molecule has 7 rings (SSSR count). The molecule has 4 heterocycles. The topological polar surface area (TPSA) is 209 Å². The van der Waals surface area contributed by atoms with Gasteiger partial charge < -0.3 is 41.2 Å². The number of carbonyl (C=O) groups excluding carboxylic acids is 5. The summed E-state index contributed by atoms with van der Waals surface area (Å²) >= 11 is 1.54. The number of nitrogens with one attached hydrogen (secondary N) is 5. The third-order valence-corrected chi connectivity index (χ3v) is 14.0. The number of aliphatic hydroxyl groups excluding tert-OH is 1. The van der Waals surface area contributed by atoms with E-state index in [-0.39, 0.29) is 42.8 Å². The molecule has 376 valence electrons. The normalized spacial score (nSPS) is 19.0. The average molecular weight is 998 g/mol. The van der Waals surface area contributed by atoms with Crippen LogP contribution in [0.2, 0.25) is 0 Å². The summed E-state index contributed by atoms with van der Waals surface area (Å²) in [6, 6.07) is 17.6. The van der Waals surface area contributed by atoms with Crippen LogP contribution in [0.4, 0.5) is 24.5 Å².